The smallest absolute Gasteiger partial charge is 0.323 e. The van der Waals surface area contributed by atoms with Gasteiger partial charge in [-0.1, -0.05) is 13.3 Å². The third kappa shape index (κ3) is 3.47. The molecule has 1 aliphatic rings. The molecule has 1 atom stereocenters. The maximum atomic E-state index is 11.6. The van der Waals surface area contributed by atoms with Crippen molar-refractivity contribution >= 4 is 5.97 Å². The van der Waals surface area contributed by atoms with Crippen LogP contribution in [0.1, 0.15) is 19.8 Å². The van der Waals surface area contributed by atoms with Crippen LogP contribution < -0.4 is 0 Å². The highest BCUT2D eigenvalue weighted by Crippen LogP contribution is 2.11. The van der Waals surface area contributed by atoms with Crippen molar-refractivity contribution in [2.45, 2.75) is 25.8 Å². The molecule has 0 aromatic rings. The topological polar surface area (TPSA) is 32.8 Å². The van der Waals surface area contributed by atoms with Crippen LogP contribution in [0.25, 0.3) is 0 Å². The Balaban J connectivity index is 2.51. The molecule has 1 fully saturated rings. The number of rotatable bonds is 4. The molecular weight excluding hydrogens is 192 g/mol. The largest absolute Gasteiger partial charge is 0.468 e. The van der Waals surface area contributed by atoms with Gasteiger partial charge in [0, 0.05) is 26.2 Å². The van der Waals surface area contributed by atoms with Crippen molar-refractivity contribution in [3.63, 3.8) is 0 Å². The molecule has 1 rings (SSSR count). The van der Waals surface area contributed by atoms with Crippen LogP contribution >= 0.6 is 0 Å². The van der Waals surface area contributed by atoms with Gasteiger partial charge in [-0.25, -0.2) is 0 Å². The molecule has 0 amide bonds. The molecule has 0 bridgehead atoms. The highest BCUT2D eigenvalue weighted by molar-refractivity contribution is 5.75. The number of carbonyl (C=O) groups is 1. The summed E-state index contributed by atoms with van der Waals surface area (Å²) in [6.45, 7) is 6.12. The van der Waals surface area contributed by atoms with E-state index in [1.165, 1.54) is 7.11 Å². The van der Waals surface area contributed by atoms with Crippen LogP contribution in [0.4, 0.5) is 0 Å². The van der Waals surface area contributed by atoms with Crippen molar-refractivity contribution in [2.24, 2.45) is 0 Å². The summed E-state index contributed by atoms with van der Waals surface area (Å²) in [7, 11) is 3.59. The van der Waals surface area contributed by atoms with E-state index in [0.717, 1.165) is 39.0 Å². The average Bonchev–Trinajstić information content (AvgIpc) is 2.26. The van der Waals surface area contributed by atoms with Crippen LogP contribution in [0.15, 0.2) is 0 Å². The Kier molecular flexibility index (Phi) is 5.05. The van der Waals surface area contributed by atoms with Crippen molar-refractivity contribution in [1.29, 1.82) is 0 Å². The number of ether oxygens (including phenoxy) is 1. The Bertz CT molecular complexity index is 201. The van der Waals surface area contributed by atoms with Gasteiger partial charge < -0.3 is 9.64 Å². The van der Waals surface area contributed by atoms with Gasteiger partial charge in [-0.05, 0) is 13.5 Å². The number of carbonyl (C=O) groups excluding carboxylic acids is 1. The Morgan fingerprint density at radius 3 is 2.40 bits per heavy atom. The lowest BCUT2D eigenvalue weighted by molar-refractivity contribution is -0.148. The second kappa shape index (κ2) is 6.08. The molecule has 4 heteroatoms. The van der Waals surface area contributed by atoms with Crippen LogP contribution in [0, 0.1) is 0 Å². The Morgan fingerprint density at radius 2 is 1.93 bits per heavy atom. The molecule has 0 aliphatic carbocycles. The number of nitrogens with zero attached hydrogens (tertiary/aromatic N) is 2. The van der Waals surface area contributed by atoms with E-state index in [9.17, 15) is 4.79 Å². The highest BCUT2D eigenvalue weighted by Gasteiger charge is 2.27. The zero-order chi connectivity index (χ0) is 11.3. The molecular formula is C11H22N2O2. The fourth-order valence-corrected chi connectivity index (χ4v) is 1.99. The maximum absolute atomic E-state index is 11.6. The highest BCUT2D eigenvalue weighted by atomic mass is 16.5. The summed E-state index contributed by atoms with van der Waals surface area (Å²) in [6, 6.07) is -0.0336. The minimum absolute atomic E-state index is 0.0336. The summed E-state index contributed by atoms with van der Waals surface area (Å²) in [5.41, 5.74) is 0. The molecule has 88 valence electrons. The second-order valence-electron chi connectivity index (χ2n) is 4.17. The summed E-state index contributed by atoms with van der Waals surface area (Å²) in [4.78, 5) is 16.1. The van der Waals surface area contributed by atoms with Gasteiger partial charge >= 0.3 is 5.97 Å². The summed E-state index contributed by atoms with van der Waals surface area (Å²) in [5.74, 6) is -0.0820. The molecule has 1 aliphatic heterocycles. The molecule has 1 saturated heterocycles. The van der Waals surface area contributed by atoms with E-state index in [1.807, 2.05) is 0 Å². The summed E-state index contributed by atoms with van der Waals surface area (Å²) in [6.07, 6.45) is 1.92. The average molecular weight is 214 g/mol. The van der Waals surface area contributed by atoms with E-state index in [-0.39, 0.29) is 12.0 Å². The van der Waals surface area contributed by atoms with Gasteiger partial charge in [-0.15, -0.1) is 0 Å². The van der Waals surface area contributed by atoms with E-state index >= 15 is 0 Å². The first kappa shape index (κ1) is 12.5. The summed E-state index contributed by atoms with van der Waals surface area (Å²) < 4.78 is 4.85. The summed E-state index contributed by atoms with van der Waals surface area (Å²) >= 11 is 0. The van der Waals surface area contributed by atoms with E-state index < -0.39 is 0 Å². The fourth-order valence-electron chi connectivity index (χ4n) is 1.99. The first-order valence-electron chi connectivity index (χ1n) is 5.69. The minimum atomic E-state index is -0.0820. The predicted molar refractivity (Wildman–Crippen MR) is 59.8 cm³/mol. The first-order chi connectivity index (χ1) is 7.19. The fraction of sp³-hybridized carbons (Fsp3) is 0.909. The molecule has 0 radical (unpaired) electrons. The Labute approximate surface area is 92.2 Å². The lowest BCUT2D eigenvalue weighted by Gasteiger charge is -2.36. The van der Waals surface area contributed by atoms with Crippen LogP contribution in [-0.2, 0) is 9.53 Å². The number of likely N-dealkylation sites (N-methyl/N-ethyl adjacent to an activating group) is 1. The Morgan fingerprint density at radius 1 is 1.33 bits per heavy atom. The van der Waals surface area contributed by atoms with Crippen molar-refractivity contribution in [3.05, 3.63) is 0 Å². The lowest BCUT2D eigenvalue weighted by atomic mass is 10.1. The predicted octanol–water partition coefficient (Wildman–Crippen LogP) is 0.575. The third-order valence-electron chi connectivity index (χ3n) is 3.01. The number of esters is 1. The van der Waals surface area contributed by atoms with Crippen LogP contribution in [0.2, 0.25) is 0 Å². The van der Waals surface area contributed by atoms with Crippen LogP contribution in [0.3, 0.4) is 0 Å². The number of piperazine rings is 1. The number of methoxy groups -OCH3 is 1. The molecule has 0 N–H and O–H groups in total. The van der Waals surface area contributed by atoms with Crippen LogP contribution in [-0.4, -0.2) is 62.1 Å². The van der Waals surface area contributed by atoms with Gasteiger partial charge in [0.15, 0.2) is 0 Å². The van der Waals surface area contributed by atoms with Gasteiger partial charge in [-0.3, -0.25) is 9.69 Å². The van der Waals surface area contributed by atoms with Gasteiger partial charge in [0.25, 0.3) is 0 Å². The van der Waals surface area contributed by atoms with E-state index in [4.69, 9.17) is 4.74 Å². The molecule has 4 nitrogen and oxygen atoms in total. The van der Waals surface area contributed by atoms with E-state index in [2.05, 4.69) is 23.8 Å². The Hall–Kier alpha value is -0.610. The zero-order valence-corrected chi connectivity index (χ0v) is 10.0. The number of hydrogen-bond acceptors (Lipinski definition) is 4. The molecule has 0 aromatic carbocycles. The van der Waals surface area contributed by atoms with Gasteiger partial charge in [0.1, 0.15) is 6.04 Å². The lowest BCUT2D eigenvalue weighted by Crippen LogP contribution is -2.51. The van der Waals surface area contributed by atoms with Gasteiger partial charge in [0.2, 0.25) is 0 Å². The minimum Gasteiger partial charge on any atom is -0.468 e. The zero-order valence-electron chi connectivity index (χ0n) is 10.0. The SMILES string of the molecule is CCC[C@@H](C(=O)OC)N1CCN(C)CC1. The normalized spacial score (nSPS) is 21.3. The quantitative estimate of drug-likeness (QED) is 0.641. The molecule has 0 aromatic heterocycles. The van der Waals surface area contributed by atoms with E-state index in [1.54, 1.807) is 0 Å². The van der Waals surface area contributed by atoms with Gasteiger partial charge in [-0.2, -0.15) is 0 Å². The van der Waals surface area contributed by atoms with Gasteiger partial charge in [0.05, 0.1) is 7.11 Å². The first-order valence-corrected chi connectivity index (χ1v) is 5.69. The van der Waals surface area contributed by atoms with Crippen molar-refractivity contribution in [3.8, 4) is 0 Å². The monoisotopic (exact) mass is 214 g/mol. The van der Waals surface area contributed by atoms with Crippen molar-refractivity contribution < 1.29 is 9.53 Å². The standard InChI is InChI=1S/C11H22N2O2/c1-4-5-10(11(14)15-3)13-8-6-12(2)7-9-13/h10H,4-9H2,1-3H3/t10-/m0/s1. The second-order valence-corrected chi connectivity index (χ2v) is 4.17. The maximum Gasteiger partial charge on any atom is 0.323 e. The molecule has 1 heterocycles. The summed E-state index contributed by atoms with van der Waals surface area (Å²) in [5, 5.41) is 0. The van der Waals surface area contributed by atoms with E-state index in [0.29, 0.717) is 0 Å². The molecule has 15 heavy (non-hydrogen) atoms. The van der Waals surface area contributed by atoms with Crippen molar-refractivity contribution in [1.82, 2.24) is 9.80 Å². The molecule has 0 unspecified atom stereocenters. The van der Waals surface area contributed by atoms with Crippen molar-refractivity contribution in [2.75, 3.05) is 40.3 Å². The molecule has 0 saturated carbocycles. The number of hydrogen-bond donors (Lipinski definition) is 0. The van der Waals surface area contributed by atoms with Crippen LogP contribution in [0.5, 0.6) is 0 Å². The third-order valence-corrected chi connectivity index (χ3v) is 3.01. The molecule has 0 spiro atoms.